The van der Waals surface area contributed by atoms with Crippen LogP contribution in [0.5, 0.6) is 0 Å². The summed E-state index contributed by atoms with van der Waals surface area (Å²) in [5.41, 5.74) is -0.130. The highest BCUT2D eigenvalue weighted by Gasteiger charge is 2.38. The number of aromatic nitrogens is 2. The normalized spacial score (nSPS) is 19.8. The summed E-state index contributed by atoms with van der Waals surface area (Å²) in [5.74, 6) is 0. The van der Waals surface area contributed by atoms with Gasteiger partial charge in [0.1, 0.15) is 5.60 Å². The van der Waals surface area contributed by atoms with E-state index in [1.165, 1.54) is 0 Å². The van der Waals surface area contributed by atoms with Gasteiger partial charge in [-0.3, -0.25) is 4.68 Å². The van der Waals surface area contributed by atoms with E-state index >= 15 is 0 Å². The molecule has 1 aromatic rings. The summed E-state index contributed by atoms with van der Waals surface area (Å²) in [5, 5.41) is 15.7. The highest BCUT2D eigenvalue weighted by Crippen LogP contribution is 2.36. The first kappa shape index (κ1) is 14.8. The van der Waals surface area contributed by atoms with Crippen LogP contribution in [-0.4, -0.2) is 53.1 Å². The molecule has 0 aliphatic carbocycles. The van der Waals surface area contributed by atoms with Crippen LogP contribution in [0.25, 0.3) is 0 Å². The van der Waals surface area contributed by atoms with Crippen molar-refractivity contribution in [1.82, 2.24) is 14.7 Å². The van der Waals surface area contributed by atoms with Gasteiger partial charge in [0.2, 0.25) is 0 Å². The van der Waals surface area contributed by atoms with Gasteiger partial charge in [-0.05, 0) is 19.4 Å². The molecule has 2 heterocycles. The number of rotatable bonds is 5. The smallest absolute Gasteiger partial charge is 0.110 e. The molecule has 0 radical (unpaired) electrons. The molecule has 0 atom stereocenters. The van der Waals surface area contributed by atoms with Crippen molar-refractivity contribution < 1.29 is 9.84 Å². The summed E-state index contributed by atoms with van der Waals surface area (Å²) in [4.78, 5) is 2.33. The molecule has 1 saturated heterocycles. The topological polar surface area (TPSA) is 50.5 Å². The lowest BCUT2D eigenvalue weighted by Crippen LogP contribution is -2.43. The van der Waals surface area contributed by atoms with E-state index in [2.05, 4.69) is 16.9 Å². The molecule has 0 saturated carbocycles. The second-order valence-corrected chi connectivity index (χ2v) is 5.43. The summed E-state index contributed by atoms with van der Waals surface area (Å²) in [7, 11) is 1.65. The maximum absolute atomic E-state index is 10.9. The molecule has 1 aliphatic heterocycles. The summed E-state index contributed by atoms with van der Waals surface area (Å²) in [6.45, 7) is 6.10. The fourth-order valence-corrected chi connectivity index (χ4v) is 2.97. The lowest BCUT2D eigenvalue weighted by Gasteiger charge is -2.38. The zero-order valence-corrected chi connectivity index (χ0v) is 12.4. The maximum Gasteiger partial charge on any atom is 0.110 e. The highest BCUT2D eigenvalue weighted by atomic mass is 35.5. The first-order chi connectivity index (χ1) is 9.10. The molecule has 1 aliphatic rings. The monoisotopic (exact) mass is 287 g/mol. The van der Waals surface area contributed by atoms with Crippen molar-refractivity contribution in [3.05, 3.63) is 16.9 Å². The molecule has 1 N–H and O–H groups in total. The molecule has 5 nitrogen and oxygen atoms in total. The van der Waals surface area contributed by atoms with Gasteiger partial charge in [0.15, 0.2) is 0 Å². The van der Waals surface area contributed by atoms with E-state index in [1.807, 2.05) is 0 Å². The molecule has 2 rings (SSSR count). The largest absolute Gasteiger partial charge is 0.383 e. The number of halogens is 1. The maximum atomic E-state index is 10.9. The van der Waals surface area contributed by atoms with Crippen LogP contribution in [-0.2, 0) is 16.9 Å². The van der Waals surface area contributed by atoms with E-state index in [1.54, 1.807) is 18.0 Å². The van der Waals surface area contributed by atoms with Crippen LogP contribution >= 0.6 is 11.6 Å². The molecule has 0 bridgehead atoms. The zero-order valence-electron chi connectivity index (χ0n) is 11.6. The summed E-state index contributed by atoms with van der Waals surface area (Å²) >= 11 is 6.22. The summed E-state index contributed by atoms with van der Waals surface area (Å²) < 4.78 is 6.84. The molecule has 1 aromatic heterocycles. The van der Waals surface area contributed by atoms with Crippen molar-refractivity contribution in [2.75, 3.05) is 33.4 Å². The van der Waals surface area contributed by atoms with Crippen molar-refractivity contribution in [2.24, 2.45) is 0 Å². The molecular weight excluding hydrogens is 266 g/mol. The predicted octanol–water partition coefficient (Wildman–Crippen LogP) is 1.49. The second kappa shape index (κ2) is 6.22. The number of hydrogen-bond acceptors (Lipinski definition) is 4. The third-order valence-corrected chi connectivity index (χ3v) is 4.15. The van der Waals surface area contributed by atoms with Gasteiger partial charge < -0.3 is 14.7 Å². The van der Waals surface area contributed by atoms with Crippen LogP contribution in [0.4, 0.5) is 0 Å². The minimum atomic E-state index is -0.868. The molecule has 108 valence electrons. The number of hydrogen-bond donors (Lipinski definition) is 1. The number of methoxy groups -OCH3 is 1. The van der Waals surface area contributed by atoms with Crippen LogP contribution in [0.1, 0.15) is 25.5 Å². The van der Waals surface area contributed by atoms with E-state index in [4.69, 9.17) is 16.3 Å². The number of nitrogens with zero attached hydrogens (tertiary/aromatic N) is 3. The quantitative estimate of drug-likeness (QED) is 0.891. The zero-order chi connectivity index (χ0) is 13.9. The fourth-order valence-electron chi connectivity index (χ4n) is 2.65. The fraction of sp³-hybridized carbons (Fsp3) is 0.769. The Kier molecular flexibility index (Phi) is 4.84. The number of piperidine rings is 1. The third-order valence-electron chi connectivity index (χ3n) is 3.87. The Hall–Kier alpha value is -0.620. The molecule has 19 heavy (non-hydrogen) atoms. The molecule has 1 fully saturated rings. The summed E-state index contributed by atoms with van der Waals surface area (Å²) in [6, 6.07) is 0. The minimum Gasteiger partial charge on any atom is -0.383 e. The standard InChI is InChI=1S/C13H22ClN3O2/c1-3-16-6-4-13(18,5-7-16)12-11(14)10-15-17(12)8-9-19-2/h10,18H,3-9H2,1-2H3. The molecule has 0 unspecified atom stereocenters. The van der Waals surface area contributed by atoms with E-state index in [9.17, 15) is 5.11 Å². The second-order valence-electron chi connectivity index (χ2n) is 5.02. The lowest BCUT2D eigenvalue weighted by molar-refractivity contribution is -0.0321. The van der Waals surface area contributed by atoms with Gasteiger partial charge in [0, 0.05) is 20.2 Å². The average Bonchev–Trinajstić information content (AvgIpc) is 2.79. The Labute approximate surface area is 119 Å². The van der Waals surface area contributed by atoms with Crippen LogP contribution in [0.2, 0.25) is 5.02 Å². The van der Waals surface area contributed by atoms with Crippen LogP contribution in [0, 0.1) is 0 Å². The minimum absolute atomic E-state index is 0.545. The van der Waals surface area contributed by atoms with Gasteiger partial charge in [0.05, 0.1) is 30.1 Å². The summed E-state index contributed by atoms with van der Waals surface area (Å²) in [6.07, 6.45) is 3.00. The number of aliphatic hydroxyl groups is 1. The Bertz CT molecular complexity index is 414. The third kappa shape index (κ3) is 3.11. The van der Waals surface area contributed by atoms with Crippen molar-refractivity contribution in [3.63, 3.8) is 0 Å². The van der Waals surface area contributed by atoms with Crippen molar-refractivity contribution >= 4 is 11.6 Å². The van der Waals surface area contributed by atoms with Crippen molar-refractivity contribution in [2.45, 2.75) is 31.9 Å². The van der Waals surface area contributed by atoms with Gasteiger partial charge in [-0.25, -0.2) is 0 Å². The highest BCUT2D eigenvalue weighted by molar-refractivity contribution is 6.31. The predicted molar refractivity (Wildman–Crippen MR) is 74.4 cm³/mol. The lowest BCUT2D eigenvalue weighted by atomic mass is 9.88. The van der Waals surface area contributed by atoms with E-state index in [0.29, 0.717) is 31.0 Å². The van der Waals surface area contributed by atoms with Gasteiger partial charge in [-0.1, -0.05) is 18.5 Å². The first-order valence-corrected chi connectivity index (χ1v) is 7.14. The van der Waals surface area contributed by atoms with Gasteiger partial charge in [0.25, 0.3) is 0 Å². The van der Waals surface area contributed by atoms with Gasteiger partial charge in [-0.2, -0.15) is 5.10 Å². The number of likely N-dealkylation sites (tertiary alicyclic amines) is 1. The van der Waals surface area contributed by atoms with Crippen LogP contribution in [0.15, 0.2) is 6.20 Å². The Morgan fingerprint density at radius 1 is 1.47 bits per heavy atom. The molecule has 0 aromatic carbocycles. The molecule has 6 heteroatoms. The molecular formula is C13H22ClN3O2. The van der Waals surface area contributed by atoms with Gasteiger partial charge in [-0.15, -0.1) is 0 Å². The Balaban J connectivity index is 2.18. The van der Waals surface area contributed by atoms with Gasteiger partial charge >= 0.3 is 0 Å². The average molecular weight is 288 g/mol. The molecule has 0 amide bonds. The van der Waals surface area contributed by atoms with Crippen molar-refractivity contribution in [3.8, 4) is 0 Å². The Morgan fingerprint density at radius 3 is 2.74 bits per heavy atom. The van der Waals surface area contributed by atoms with E-state index in [0.717, 1.165) is 25.3 Å². The number of ether oxygens (including phenoxy) is 1. The van der Waals surface area contributed by atoms with Crippen LogP contribution < -0.4 is 0 Å². The molecule has 0 spiro atoms. The van der Waals surface area contributed by atoms with E-state index in [-0.39, 0.29) is 0 Å². The van der Waals surface area contributed by atoms with Crippen molar-refractivity contribution in [1.29, 1.82) is 0 Å². The van der Waals surface area contributed by atoms with E-state index < -0.39 is 5.60 Å². The SMILES string of the molecule is CCN1CCC(O)(c2c(Cl)cnn2CCOC)CC1. The van der Waals surface area contributed by atoms with Crippen LogP contribution in [0.3, 0.4) is 0 Å². The first-order valence-electron chi connectivity index (χ1n) is 6.76. The Morgan fingerprint density at radius 2 is 2.16 bits per heavy atom.